The quantitative estimate of drug-likeness (QED) is 0.792. The van der Waals surface area contributed by atoms with Gasteiger partial charge in [-0.05, 0) is 31.4 Å². The van der Waals surface area contributed by atoms with Crippen LogP contribution in [0, 0.1) is 0 Å². The Morgan fingerprint density at radius 1 is 1.39 bits per heavy atom. The number of allylic oxidation sites excluding steroid dienone is 1. The predicted molar refractivity (Wildman–Crippen MR) is 76.6 cm³/mol. The van der Waals surface area contributed by atoms with Crippen molar-refractivity contribution in [3.05, 3.63) is 48.2 Å². The van der Waals surface area contributed by atoms with E-state index < -0.39 is 0 Å². The van der Waals surface area contributed by atoms with Gasteiger partial charge in [0.2, 0.25) is 0 Å². The van der Waals surface area contributed by atoms with Crippen LogP contribution in [0.5, 0.6) is 0 Å². The van der Waals surface area contributed by atoms with Gasteiger partial charge in [-0.2, -0.15) is 0 Å². The first kappa shape index (κ1) is 11.5. The van der Waals surface area contributed by atoms with Crippen molar-refractivity contribution in [2.45, 2.75) is 38.9 Å². The van der Waals surface area contributed by atoms with Gasteiger partial charge in [-0.1, -0.05) is 30.4 Å². The fourth-order valence-corrected chi connectivity index (χ4v) is 2.43. The lowest BCUT2D eigenvalue weighted by Crippen LogP contribution is -2.14. The van der Waals surface area contributed by atoms with E-state index in [1.54, 1.807) is 0 Å². The topological polar surface area (TPSA) is 17.0 Å². The van der Waals surface area contributed by atoms with Crippen molar-refractivity contribution in [1.82, 2.24) is 9.88 Å². The molecule has 0 atom stereocenters. The Bertz CT molecular complexity index is 576. The largest absolute Gasteiger partial charge is 0.343 e. The maximum Gasteiger partial charge on any atom is 0.0486 e. The van der Waals surface area contributed by atoms with Gasteiger partial charge in [0.15, 0.2) is 0 Å². The molecule has 18 heavy (non-hydrogen) atoms. The highest BCUT2D eigenvalue weighted by Gasteiger charge is 2.20. The van der Waals surface area contributed by atoms with Gasteiger partial charge in [0, 0.05) is 36.2 Å². The molecule has 1 heterocycles. The van der Waals surface area contributed by atoms with E-state index in [4.69, 9.17) is 0 Å². The molecule has 0 unspecified atom stereocenters. The van der Waals surface area contributed by atoms with E-state index in [2.05, 4.69) is 53.8 Å². The Morgan fingerprint density at radius 2 is 2.17 bits per heavy atom. The number of benzene rings is 1. The molecule has 0 saturated heterocycles. The number of rotatable bonds is 5. The molecule has 0 amide bonds. The fraction of sp³-hybridized carbons (Fsp3) is 0.375. The molecular formula is C16H20N2. The van der Waals surface area contributed by atoms with Gasteiger partial charge in [0.05, 0.1) is 0 Å². The smallest absolute Gasteiger partial charge is 0.0486 e. The molecule has 1 aliphatic rings. The van der Waals surface area contributed by atoms with Crippen LogP contribution in [0.2, 0.25) is 0 Å². The van der Waals surface area contributed by atoms with Crippen LogP contribution >= 0.6 is 0 Å². The molecular weight excluding hydrogens is 220 g/mol. The zero-order valence-electron chi connectivity index (χ0n) is 10.9. The summed E-state index contributed by atoms with van der Waals surface area (Å²) in [6.07, 6.45) is 4.95. The third-order valence-electron chi connectivity index (χ3n) is 3.47. The van der Waals surface area contributed by atoms with Gasteiger partial charge in [-0.3, -0.25) is 0 Å². The molecule has 1 fully saturated rings. The van der Waals surface area contributed by atoms with Crippen molar-refractivity contribution in [2.24, 2.45) is 0 Å². The maximum absolute atomic E-state index is 4.01. The average molecular weight is 240 g/mol. The molecule has 1 aromatic heterocycles. The van der Waals surface area contributed by atoms with Gasteiger partial charge in [0.1, 0.15) is 0 Å². The minimum absolute atomic E-state index is 0.758. The summed E-state index contributed by atoms with van der Waals surface area (Å²) in [6.45, 7) is 7.98. The standard InChI is InChI=1S/C16H20N2/c1-12(2)10-18-11-13(9-17-14-7-8-14)15-5-3-4-6-16(15)18/h3-6,11,14,17H,1,7-10H2,2H3. The molecule has 1 aliphatic carbocycles. The number of aromatic nitrogens is 1. The molecule has 1 N–H and O–H groups in total. The zero-order valence-corrected chi connectivity index (χ0v) is 10.9. The highest BCUT2D eigenvalue weighted by atomic mass is 15.0. The van der Waals surface area contributed by atoms with Crippen LogP contribution in [0.15, 0.2) is 42.6 Å². The van der Waals surface area contributed by atoms with Gasteiger partial charge in [0.25, 0.3) is 0 Å². The van der Waals surface area contributed by atoms with E-state index in [0.717, 1.165) is 19.1 Å². The van der Waals surface area contributed by atoms with Crippen LogP contribution in [-0.2, 0) is 13.1 Å². The summed E-state index contributed by atoms with van der Waals surface area (Å²) in [7, 11) is 0. The number of para-hydroxylation sites is 1. The van der Waals surface area contributed by atoms with Crippen molar-refractivity contribution < 1.29 is 0 Å². The van der Waals surface area contributed by atoms with Gasteiger partial charge < -0.3 is 9.88 Å². The summed E-state index contributed by atoms with van der Waals surface area (Å²) in [6, 6.07) is 9.39. The summed E-state index contributed by atoms with van der Waals surface area (Å²) in [5.41, 5.74) is 3.91. The lowest BCUT2D eigenvalue weighted by Gasteiger charge is -2.03. The summed E-state index contributed by atoms with van der Waals surface area (Å²) < 4.78 is 2.31. The van der Waals surface area contributed by atoms with Crippen LogP contribution in [-0.4, -0.2) is 10.6 Å². The number of fused-ring (bicyclic) bond motifs is 1. The van der Waals surface area contributed by atoms with E-state index in [0.29, 0.717) is 0 Å². The number of hydrogen-bond donors (Lipinski definition) is 1. The Kier molecular flexibility index (Phi) is 2.96. The molecule has 2 heteroatoms. The number of hydrogen-bond acceptors (Lipinski definition) is 1. The van der Waals surface area contributed by atoms with Crippen molar-refractivity contribution in [3.8, 4) is 0 Å². The van der Waals surface area contributed by atoms with Crippen LogP contribution in [0.3, 0.4) is 0 Å². The Hall–Kier alpha value is -1.54. The van der Waals surface area contributed by atoms with Gasteiger partial charge in [-0.15, -0.1) is 0 Å². The molecule has 0 aliphatic heterocycles. The minimum Gasteiger partial charge on any atom is -0.343 e. The van der Waals surface area contributed by atoms with E-state index >= 15 is 0 Å². The van der Waals surface area contributed by atoms with Crippen molar-refractivity contribution in [1.29, 1.82) is 0 Å². The second-order valence-electron chi connectivity index (χ2n) is 5.41. The SMILES string of the molecule is C=C(C)Cn1cc(CNC2CC2)c2ccccc21. The van der Waals surface area contributed by atoms with Gasteiger partial charge in [-0.25, -0.2) is 0 Å². The predicted octanol–water partition coefficient (Wildman–Crippen LogP) is 3.47. The van der Waals surface area contributed by atoms with Crippen LogP contribution < -0.4 is 5.32 Å². The molecule has 1 aromatic carbocycles. The molecule has 94 valence electrons. The summed E-state index contributed by atoms with van der Waals surface area (Å²) in [4.78, 5) is 0. The van der Waals surface area contributed by atoms with Crippen LogP contribution in [0.25, 0.3) is 10.9 Å². The second-order valence-corrected chi connectivity index (χ2v) is 5.41. The monoisotopic (exact) mass is 240 g/mol. The third kappa shape index (κ3) is 2.34. The lowest BCUT2D eigenvalue weighted by molar-refractivity contribution is 0.687. The summed E-state index contributed by atoms with van der Waals surface area (Å²) >= 11 is 0. The van der Waals surface area contributed by atoms with E-state index in [1.807, 2.05) is 0 Å². The van der Waals surface area contributed by atoms with E-state index in [-0.39, 0.29) is 0 Å². The highest BCUT2D eigenvalue weighted by Crippen LogP contribution is 2.24. The Labute approximate surface area is 108 Å². The second kappa shape index (κ2) is 4.62. The van der Waals surface area contributed by atoms with Crippen LogP contribution in [0.4, 0.5) is 0 Å². The minimum atomic E-state index is 0.758. The van der Waals surface area contributed by atoms with Crippen molar-refractivity contribution in [3.63, 3.8) is 0 Å². The third-order valence-corrected chi connectivity index (χ3v) is 3.47. The van der Waals surface area contributed by atoms with E-state index in [1.165, 1.54) is 34.9 Å². The Morgan fingerprint density at radius 3 is 2.89 bits per heavy atom. The fourth-order valence-electron chi connectivity index (χ4n) is 2.43. The van der Waals surface area contributed by atoms with Crippen LogP contribution in [0.1, 0.15) is 25.3 Å². The van der Waals surface area contributed by atoms with Crippen molar-refractivity contribution >= 4 is 10.9 Å². The normalized spacial score (nSPS) is 15.2. The molecule has 2 aromatic rings. The lowest BCUT2D eigenvalue weighted by atomic mass is 10.2. The summed E-state index contributed by atoms with van der Waals surface area (Å²) in [5.74, 6) is 0. The first-order valence-electron chi connectivity index (χ1n) is 6.68. The molecule has 0 spiro atoms. The molecule has 0 radical (unpaired) electrons. The maximum atomic E-state index is 4.01. The molecule has 1 saturated carbocycles. The number of nitrogens with zero attached hydrogens (tertiary/aromatic N) is 1. The van der Waals surface area contributed by atoms with Gasteiger partial charge >= 0.3 is 0 Å². The first-order valence-corrected chi connectivity index (χ1v) is 6.68. The van der Waals surface area contributed by atoms with E-state index in [9.17, 15) is 0 Å². The highest BCUT2D eigenvalue weighted by molar-refractivity contribution is 5.84. The van der Waals surface area contributed by atoms with Crippen molar-refractivity contribution in [2.75, 3.05) is 0 Å². The first-order chi connectivity index (χ1) is 8.74. The molecule has 3 rings (SSSR count). The average Bonchev–Trinajstić information content (AvgIpc) is 3.11. The Balaban J connectivity index is 1.93. The summed E-state index contributed by atoms with van der Waals surface area (Å²) in [5, 5.41) is 4.96. The number of nitrogens with one attached hydrogen (secondary N) is 1. The zero-order chi connectivity index (χ0) is 12.5. The molecule has 0 bridgehead atoms. The molecule has 2 nitrogen and oxygen atoms in total.